The smallest absolute Gasteiger partial charge is 0.329 e. The zero-order chi connectivity index (χ0) is 49.6. The van der Waals surface area contributed by atoms with Gasteiger partial charge in [-0.15, -0.1) is 0 Å². The van der Waals surface area contributed by atoms with E-state index in [2.05, 4.69) is 25.6 Å². The Labute approximate surface area is 409 Å². The Morgan fingerprint density at radius 1 is 0.955 bits per heavy atom. The molecule has 378 valence electrons. The van der Waals surface area contributed by atoms with E-state index in [4.69, 9.17) is 18.9 Å². The fourth-order valence-electron chi connectivity index (χ4n) is 10.2. The SMILES string of the molecule is CO[C@@H]1C[C@H](C[C@@H](C)[C@@H]2CC(=O)[C@H](C)/C=C(/C)[C@@H](O)[C@@H](OC)C(=O)[C@H](C)C[C@H](C)C(SCCS)\C=C/C=C/C(C)=C/C[C@@H]3CC[C@@H](C)[C@@](O)(O3)C(=O)C(=O)N3CCCC[C@H]3C(=O)O2)CC[C@H]1O. The Hall–Kier alpha value is -2.63. The van der Waals surface area contributed by atoms with Crippen LogP contribution in [0.25, 0.3) is 0 Å². The van der Waals surface area contributed by atoms with Crippen molar-refractivity contribution in [2.45, 2.75) is 179 Å². The summed E-state index contributed by atoms with van der Waals surface area (Å²) in [5.74, 6) is -6.23. The number of thiol groups is 1. The fraction of sp³-hybridized carbons (Fsp3) is 0.750. The molecule has 3 N–H and O–H groups in total. The van der Waals surface area contributed by atoms with Crippen LogP contribution in [0.15, 0.2) is 47.6 Å². The Morgan fingerprint density at radius 3 is 2.37 bits per heavy atom. The summed E-state index contributed by atoms with van der Waals surface area (Å²) >= 11 is 6.19. The standard InChI is InChI=1S/C52H81NO12S2/c1-31-14-10-11-16-45(67-25-24-66)34(4)27-36(6)47(57)48(63-9)46(56)35(5)26-32(2)42(55)30-43(33(3)28-38-19-22-41(54)44(29-38)62-8)64-51(60)40-15-12-13-23-53(40)50(59)49(58)52(61)37(7)18-21-39(65-52)20-17-31/h10-11,14,16-17,26,32-34,36-41,43-46,48,54,56,61,66H,12-13,15,18-25,27-30H2,1-9H3/b14-10+,16-11-,31-17+,35-26-/t32-,33-,34+,36-,37-,38+,39-,40+,41-,43+,44-,45?,46-,48-,52-/m1/s1. The molecule has 2 saturated heterocycles. The van der Waals surface area contributed by atoms with Crippen LogP contribution in [0.2, 0.25) is 0 Å². The van der Waals surface area contributed by atoms with Gasteiger partial charge >= 0.3 is 5.97 Å². The highest BCUT2D eigenvalue weighted by Gasteiger charge is 2.53. The van der Waals surface area contributed by atoms with Crippen LogP contribution in [0.1, 0.15) is 126 Å². The van der Waals surface area contributed by atoms with Gasteiger partial charge in [0.25, 0.3) is 11.7 Å². The summed E-state index contributed by atoms with van der Waals surface area (Å²) in [5, 5.41) is 34.0. The number of hydrogen-bond donors (Lipinski definition) is 4. The van der Waals surface area contributed by atoms with Crippen LogP contribution in [-0.2, 0) is 42.9 Å². The molecule has 4 aliphatic rings. The van der Waals surface area contributed by atoms with Crippen molar-refractivity contribution in [1.29, 1.82) is 0 Å². The average Bonchev–Trinajstić information content (AvgIpc) is 3.30. The lowest BCUT2D eigenvalue weighted by atomic mass is 9.78. The summed E-state index contributed by atoms with van der Waals surface area (Å²) < 4.78 is 23.6. The molecule has 1 aliphatic carbocycles. The van der Waals surface area contributed by atoms with E-state index < -0.39 is 77.8 Å². The van der Waals surface area contributed by atoms with Gasteiger partial charge in [-0.3, -0.25) is 19.2 Å². The fourth-order valence-corrected chi connectivity index (χ4v) is 11.5. The number of ether oxygens (including phenoxy) is 4. The summed E-state index contributed by atoms with van der Waals surface area (Å²) in [5.41, 5.74) is 1.34. The Bertz CT molecular complexity index is 1800. The number of amides is 1. The molecule has 2 bridgehead atoms. The highest BCUT2D eigenvalue weighted by molar-refractivity contribution is 8.00. The first kappa shape index (κ1) is 57.0. The maximum Gasteiger partial charge on any atom is 0.329 e. The predicted octanol–water partition coefficient (Wildman–Crippen LogP) is 7.20. The number of aliphatic hydroxyl groups is 3. The number of nitrogens with zero attached hydrogens (tertiary/aromatic N) is 1. The second-order valence-corrected chi connectivity index (χ2v) is 21.7. The molecule has 3 heterocycles. The lowest BCUT2D eigenvalue weighted by molar-refractivity contribution is -0.262. The van der Waals surface area contributed by atoms with E-state index >= 15 is 0 Å². The van der Waals surface area contributed by atoms with Crippen LogP contribution in [0.5, 0.6) is 0 Å². The first-order valence-corrected chi connectivity index (χ1v) is 26.3. The van der Waals surface area contributed by atoms with Crippen molar-refractivity contribution in [3.63, 3.8) is 0 Å². The number of cyclic esters (lactones) is 1. The number of methoxy groups -OCH3 is 2. The maximum atomic E-state index is 14.4. The minimum Gasteiger partial charge on any atom is -0.460 e. The van der Waals surface area contributed by atoms with E-state index in [0.29, 0.717) is 69.1 Å². The van der Waals surface area contributed by atoms with Crippen molar-refractivity contribution in [1.82, 2.24) is 4.90 Å². The van der Waals surface area contributed by atoms with Crippen LogP contribution in [0.4, 0.5) is 0 Å². The zero-order valence-electron chi connectivity index (χ0n) is 41.5. The van der Waals surface area contributed by atoms with E-state index in [0.717, 1.165) is 17.7 Å². The van der Waals surface area contributed by atoms with Crippen LogP contribution in [0.3, 0.4) is 0 Å². The quantitative estimate of drug-likeness (QED) is 0.0830. The van der Waals surface area contributed by atoms with Crippen LogP contribution in [0, 0.1) is 35.5 Å². The molecule has 1 unspecified atom stereocenters. The van der Waals surface area contributed by atoms with Crippen molar-refractivity contribution in [3.8, 4) is 0 Å². The molecule has 1 amide bonds. The molecular weight excluding hydrogens is 895 g/mol. The summed E-state index contributed by atoms with van der Waals surface area (Å²) in [6.07, 6.45) is 12.4. The number of hydrogen-bond acceptors (Lipinski definition) is 14. The molecule has 0 spiro atoms. The zero-order valence-corrected chi connectivity index (χ0v) is 43.2. The topological polar surface area (TPSA) is 186 Å². The first-order chi connectivity index (χ1) is 31.7. The minimum absolute atomic E-state index is 0.0752. The number of thioether (sulfide) groups is 1. The van der Waals surface area contributed by atoms with Gasteiger partial charge in [0, 0.05) is 55.9 Å². The number of aliphatic hydroxyl groups excluding tert-OH is 2. The molecule has 3 aliphatic heterocycles. The predicted molar refractivity (Wildman–Crippen MR) is 264 cm³/mol. The van der Waals surface area contributed by atoms with Gasteiger partial charge in [0.05, 0.1) is 18.3 Å². The third kappa shape index (κ3) is 15.7. The van der Waals surface area contributed by atoms with Gasteiger partial charge in [0.1, 0.15) is 30.1 Å². The van der Waals surface area contributed by atoms with Crippen molar-refractivity contribution in [3.05, 3.63) is 47.6 Å². The number of fused-ring (bicyclic) bond motifs is 3. The molecule has 1 saturated carbocycles. The monoisotopic (exact) mass is 976 g/mol. The van der Waals surface area contributed by atoms with Crippen LogP contribution >= 0.6 is 24.4 Å². The number of piperidine rings is 1. The third-order valence-corrected chi connectivity index (χ3v) is 16.6. The van der Waals surface area contributed by atoms with E-state index in [1.165, 1.54) is 12.0 Å². The third-order valence-electron chi connectivity index (χ3n) is 14.6. The second-order valence-electron chi connectivity index (χ2n) is 19.9. The number of rotatable bonds is 8. The maximum absolute atomic E-state index is 14.4. The van der Waals surface area contributed by atoms with Crippen molar-refractivity contribution in [2.75, 3.05) is 32.3 Å². The van der Waals surface area contributed by atoms with Gasteiger partial charge < -0.3 is 39.2 Å². The van der Waals surface area contributed by atoms with E-state index in [1.807, 2.05) is 45.1 Å². The van der Waals surface area contributed by atoms with Crippen LogP contribution in [-0.4, -0.2) is 135 Å². The molecule has 4 rings (SSSR count). The second kappa shape index (κ2) is 27.1. The summed E-state index contributed by atoms with van der Waals surface area (Å²) in [4.78, 5) is 72.1. The first-order valence-electron chi connectivity index (χ1n) is 24.6. The molecule has 0 radical (unpaired) electrons. The lowest BCUT2D eigenvalue weighted by Gasteiger charge is -2.42. The van der Waals surface area contributed by atoms with Gasteiger partial charge in [0.15, 0.2) is 5.78 Å². The minimum atomic E-state index is -2.39. The highest BCUT2D eigenvalue weighted by atomic mass is 32.2. The van der Waals surface area contributed by atoms with Gasteiger partial charge in [-0.25, -0.2) is 4.79 Å². The number of carbonyl (C=O) groups is 5. The number of ketones is 3. The molecule has 15 atom stereocenters. The van der Waals surface area contributed by atoms with Crippen LogP contribution < -0.4 is 0 Å². The molecule has 0 aromatic carbocycles. The number of carbonyl (C=O) groups excluding carboxylic acids is 5. The molecule has 0 aromatic rings. The lowest BCUT2D eigenvalue weighted by Crippen LogP contribution is -2.60. The molecule has 15 heteroatoms. The molecule has 0 aromatic heterocycles. The van der Waals surface area contributed by atoms with E-state index in [1.54, 1.807) is 45.7 Å². The Balaban J connectivity index is 1.71. The van der Waals surface area contributed by atoms with E-state index in [9.17, 15) is 39.3 Å². The van der Waals surface area contributed by atoms with Gasteiger partial charge in [0.2, 0.25) is 5.79 Å². The number of allylic oxidation sites excluding steroid dienone is 5. The van der Waals surface area contributed by atoms with Crippen molar-refractivity contribution >= 4 is 53.6 Å². The van der Waals surface area contributed by atoms with E-state index in [-0.39, 0.29) is 60.1 Å². The van der Waals surface area contributed by atoms with Gasteiger partial charge in [-0.05, 0) is 114 Å². The van der Waals surface area contributed by atoms with Crippen molar-refractivity contribution < 1.29 is 58.2 Å². The molecule has 3 fully saturated rings. The number of Topliss-reactive ketones (excluding diaryl/α,β-unsaturated/α-hetero) is 3. The average molecular weight is 976 g/mol. The molecule has 13 nitrogen and oxygen atoms in total. The van der Waals surface area contributed by atoms with Crippen molar-refractivity contribution in [2.24, 2.45) is 35.5 Å². The summed E-state index contributed by atoms with van der Waals surface area (Å²) in [6, 6.07) is -1.13. The summed E-state index contributed by atoms with van der Waals surface area (Å²) in [6.45, 7) is 13.0. The van der Waals surface area contributed by atoms with Gasteiger partial charge in [-0.2, -0.15) is 24.4 Å². The summed E-state index contributed by atoms with van der Waals surface area (Å²) in [7, 11) is 2.96. The highest BCUT2D eigenvalue weighted by Crippen LogP contribution is 2.37. The largest absolute Gasteiger partial charge is 0.460 e. The normalized spacial score (nSPS) is 39.6. The van der Waals surface area contributed by atoms with Gasteiger partial charge in [-0.1, -0.05) is 76.6 Å². The molecular formula is C52H81NO12S2. The number of esters is 1. The Morgan fingerprint density at radius 2 is 1.69 bits per heavy atom. The Kier molecular flexibility index (Phi) is 23.0. The molecule has 67 heavy (non-hydrogen) atoms.